The number of benzene rings is 8. The Bertz CT molecular complexity index is 2820. The second-order valence-electron chi connectivity index (χ2n) is 13.0. The largest absolute Gasteiger partial charge is 0.310 e. The van der Waals surface area contributed by atoms with Gasteiger partial charge in [0, 0.05) is 49.0 Å². The monoisotopic (exact) mass is 668 g/mol. The molecule has 240 valence electrons. The smallest absolute Gasteiger partial charge is 0.0719 e. The van der Waals surface area contributed by atoms with Crippen molar-refractivity contribution in [2.75, 3.05) is 4.90 Å². The highest BCUT2D eigenvalue weighted by Crippen LogP contribution is 2.45. The number of hydrogen-bond donors (Lipinski definition) is 0. The zero-order valence-electron chi connectivity index (χ0n) is 27.8. The van der Waals surface area contributed by atoms with E-state index in [0.29, 0.717) is 0 Å². The van der Waals surface area contributed by atoms with Gasteiger partial charge < -0.3 is 9.47 Å². The van der Waals surface area contributed by atoms with Crippen LogP contribution in [-0.2, 0) is 0 Å². The van der Waals surface area contributed by atoms with E-state index in [1.165, 1.54) is 64.2 Å². The maximum Gasteiger partial charge on any atom is 0.0719 e. The summed E-state index contributed by atoms with van der Waals surface area (Å²) in [5.41, 5.74) is 11.9. The highest BCUT2D eigenvalue weighted by atomic mass is 32.1. The second-order valence-corrected chi connectivity index (χ2v) is 14.0. The highest BCUT2D eigenvalue weighted by Gasteiger charge is 2.20. The fourth-order valence-electron chi connectivity index (χ4n) is 7.57. The van der Waals surface area contributed by atoms with E-state index in [-0.39, 0.29) is 0 Å². The lowest BCUT2D eigenvalue weighted by Gasteiger charge is -2.26. The summed E-state index contributed by atoms with van der Waals surface area (Å²) in [5.74, 6) is 0. The Balaban J connectivity index is 1.20. The van der Waals surface area contributed by atoms with Crippen LogP contribution in [0.1, 0.15) is 0 Å². The number of anilines is 3. The summed E-state index contributed by atoms with van der Waals surface area (Å²) < 4.78 is 5.08. The number of fused-ring (bicyclic) bond motifs is 7. The number of hydrogen-bond acceptors (Lipinski definition) is 2. The first kappa shape index (κ1) is 29.5. The molecule has 0 amide bonds. The summed E-state index contributed by atoms with van der Waals surface area (Å²) in [5, 5.41) is 5.09. The van der Waals surface area contributed by atoms with Crippen molar-refractivity contribution in [1.29, 1.82) is 0 Å². The molecule has 0 aliphatic carbocycles. The lowest BCUT2D eigenvalue weighted by Crippen LogP contribution is -2.09. The fourth-order valence-corrected chi connectivity index (χ4v) is 8.79. The van der Waals surface area contributed by atoms with Crippen LogP contribution in [0.3, 0.4) is 0 Å². The Kier molecular flexibility index (Phi) is 7.04. The Labute approximate surface area is 300 Å². The Morgan fingerprint density at radius 3 is 1.63 bits per heavy atom. The molecule has 0 atom stereocenters. The van der Waals surface area contributed by atoms with Crippen molar-refractivity contribution >= 4 is 70.4 Å². The third-order valence-electron chi connectivity index (χ3n) is 9.97. The molecule has 2 heterocycles. The lowest BCUT2D eigenvalue weighted by atomic mass is 10.0. The Morgan fingerprint density at radius 2 is 0.922 bits per heavy atom. The van der Waals surface area contributed by atoms with E-state index < -0.39 is 0 Å². The molecule has 0 N–H and O–H groups in total. The van der Waals surface area contributed by atoms with Gasteiger partial charge in [-0.25, -0.2) is 0 Å². The molecule has 0 aliphatic heterocycles. The summed E-state index contributed by atoms with van der Waals surface area (Å²) in [4.78, 5) is 2.36. The van der Waals surface area contributed by atoms with Gasteiger partial charge in [-0.05, 0) is 89.0 Å². The third-order valence-corrected chi connectivity index (χ3v) is 11.2. The SMILES string of the molecule is c1ccc(-c2ccc(N(c3ccccc3)c3ccc4c(c3)c3ccc5c6cc(-c7ccccc7)ccc6sc5c3n4-c3ccccc3)cc2)cc1. The van der Waals surface area contributed by atoms with E-state index in [2.05, 4.69) is 204 Å². The van der Waals surface area contributed by atoms with Crippen molar-refractivity contribution < 1.29 is 0 Å². The zero-order valence-corrected chi connectivity index (χ0v) is 28.6. The summed E-state index contributed by atoms with van der Waals surface area (Å²) in [6, 6.07) is 70.2. The third kappa shape index (κ3) is 5.01. The Hall–Kier alpha value is -6.42. The normalized spacial score (nSPS) is 11.5. The van der Waals surface area contributed by atoms with Crippen LogP contribution >= 0.6 is 11.3 Å². The Morgan fingerprint density at radius 1 is 0.373 bits per heavy atom. The van der Waals surface area contributed by atoms with E-state index >= 15 is 0 Å². The van der Waals surface area contributed by atoms with Crippen molar-refractivity contribution in [2.24, 2.45) is 0 Å². The van der Waals surface area contributed by atoms with Crippen molar-refractivity contribution in [2.45, 2.75) is 0 Å². The quantitative estimate of drug-likeness (QED) is 0.171. The minimum Gasteiger partial charge on any atom is -0.310 e. The van der Waals surface area contributed by atoms with E-state index in [1.807, 2.05) is 11.3 Å². The van der Waals surface area contributed by atoms with Gasteiger partial charge >= 0.3 is 0 Å². The minimum absolute atomic E-state index is 1.12. The average Bonchev–Trinajstić information content (AvgIpc) is 3.75. The van der Waals surface area contributed by atoms with Gasteiger partial charge in [-0.1, -0.05) is 127 Å². The predicted octanol–water partition coefficient (Wildman–Crippen LogP) is 14.0. The summed E-state index contributed by atoms with van der Waals surface area (Å²) >= 11 is 1.89. The number of aromatic nitrogens is 1. The summed E-state index contributed by atoms with van der Waals surface area (Å²) in [7, 11) is 0. The number of para-hydroxylation sites is 2. The molecule has 0 saturated heterocycles. The van der Waals surface area contributed by atoms with Crippen molar-refractivity contribution in [1.82, 2.24) is 4.57 Å². The van der Waals surface area contributed by atoms with Crippen LogP contribution in [0.2, 0.25) is 0 Å². The topological polar surface area (TPSA) is 8.17 Å². The standard InChI is InChI=1S/C48H32N2S/c1-5-13-33(14-6-1)35-21-24-39(25-22-35)49(37-17-9-3-10-18-37)40-26-29-45-43(32-40)41-27-28-42-44-31-36(34-15-7-2-8-16-34)23-30-46(44)51-48(42)47(41)50(45)38-19-11-4-12-20-38/h1-32H. The molecule has 0 fully saturated rings. The minimum atomic E-state index is 1.12. The van der Waals surface area contributed by atoms with Crippen LogP contribution in [0.15, 0.2) is 194 Å². The van der Waals surface area contributed by atoms with Gasteiger partial charge in [0.15, 0.2) is 0 Å². The van der Waals surface area contributed by atoms with Gasteiger partial charge in [0.2, 0.25) is 0 Å². The molecule has 10 rings (SSSR count). The molecule has 2 nitrogen and oxygen atoms in total. The highest BCUT2D eigenvalue weighted by molar-refractivity contribution is 7.26. The van der Waals surface area contributed by atoms with Crippen LogP contribution in [0.5, 0.6) is 0 Å². The van der Waals surface area contributed by atoms with Crippen LogP contribution in [0, 0.1) is 0 Å². The predicted molar refractivity (Wildman–Crippen MR) is 219 cm³/mol. The lowest BCUT2D eigenvalue weighted by molar-refractivity contribution is 1.19. The molecule has 0 unspecified atom stereocenters. The molecule has 0 saturated carbocycles. The number of thiophene rings is 1. The summed E-state index contributed by atoms with van der Waals surface area (Å²) in [6.07, 6.45) is 0. The second kappa shape index (κ2) is 12.2. The van der Waals surface area contributed by atoms with Gasteiger partial charge in [0.25, 0.3) is 0 Å². The molecule has 10 aromatic rings. The maximum atomic E-state index is 2.46. The first-order valence-electron chi connectivity index (χ1n) is 17.4. The molecular formula is C48H32N2S. The molecule has 0 aliphatic rings. The average molecular weight is 669 g/mol. The van der Waals surface area contributed by atoms with Gasteiger partial charge in [0.1, 0.15) is 0 Å². The van der Waals surface area contributed by atoms with E-state index in [0.717, 1.165) is 22.7 Å². The van der Waals surface area contributed by atoms with Gasteiger partial charge in [0.05, 0.1) is 15.7 Å². The van der Waals surface area contributed by atoms with E-state index in [4.69, 9.17) is 0 Å². The molecule has 2 aromatic heterocycles. The fraction of sp³-hybridized carbons (Fsp3) is 0. The zero-order chi connectivity index (χ0) is 33.7. The van der Waals surface area contributed by atoms with Gasteiger partial charge in [-0.15, -0.1) is 11.3 Å². The first-order valence-corrected chi connectivity index (χ1v) is 18.2. The van der Waals surface area contributed by atoms with Crippen LogP contribution in [0.25, 0.3) is 69.9 Å². The molecule has 0 spiro atoms. The molecular weight excluding hydrogens is 637 g/mol. The summed E-state index contributed by atoms with van der Waals surface area (Å²) in [6.45, 7) is 0. The number of rotatable bonds is 6. The van der Waals surface area contributed by atoms with Gasteiger partial charge in [-0.3, -0.25) is 0 Å². The number of nitrogens with zero attached hydrogens (tertiary/aromatic N) is 2. The van der Waals surface area contributed by atoms with Crippen molar-refractivity contribution in [3.63, 3.8) is 0 Å². The maximum absolute atomic E-state index is 2.46. The van der Waals surface area contributed by atoms with Crippen molar-refractivity contribution in [3.05, 3.63) is 194 Å². The van der Waals surface area contributed by atoms with Crippen LogP contribution < -0.4 is 4.90 Å². The molecule has 51 heavy (non-hydrogen) atoms. The van der Waals surface area contributed by atoms with Crippen molar-refractivity contribution in [3.8, 4) is 27.9 Å². The first-order chi connectivity index (χ1) is 25.3. The molecule has 8 aromatic carbocycles. The van der Waals surface area contributed by atoms with E-state index in [1.54, 1.807) is 0 Å². The molecule has 0 bridgehead atoms. The van der Waals surface area contributed by atoms with Gasteiger partial charge in [-0.2, -0.15) is 0 Å². The molecule has 3 heteroatoms. The van der Waals surface area contributed by atoms with Crippen LogP contribution in [-0.4, -0.2) is 4.57 Å². The molecule has 0 radical (unpaired) electrons. The van der Waals surface area contributed by atoms with Crippen LogP contribution in [0.4, 0.5) is 17.1 Å². The van der Waals surface area contributed by atoms with E-state index in [9.17, 15) is 0 Å².